The molecule has 0 radical (unpaired) electrons. The monoisotopic (exact) mass is 308 g/mol. The minimum atomic E-state index is -0.172. The number of amides is 2. The summed E-state index contributed by atoms with van der Waals surface area (Å²) < 4.78 is 0.603. The fourth-order valence-corrected chi connectivity index (χ4v) is 4.88. The molecular formula is C17H30N3O2+. The molecule has 2 saturated heterocycles. The van der Waals surface area contributed by atoms with E-state index in [2.05, 4.69) is 5.01 Å². The number of likely N-dealkylation sites (tertiary alicyclic amines) is 1. The van der Waals surface area contributed by atoms with Crippen LogP contribution >= 0.6 is 0 Å². The van der Waals surface area contributed by atoms with Crippen LogP contribution in [-0.2, 0) is 9.59 Å². The van der Waals surface area contributed by atoms with E-state index < -0.39 is 0 Å². The Bertz CT molecular complexity index is 426. The van der Waals surface area contributed by atoms with Gasteiger partial charge in [-0.25, -0.2) is 4.79 Å². The van der Waals surface area contributed by atoms with Crippen molar-refractivity contribution in [1.29, 1.82) is 0 Å². The molecule has 0 aromatic carbocycles. The first-order valence-corrected chi connectivity index (χ1v) is 9.10. The molecule has 1 aliphatic carbocycles. The number of hydrogen-bond donors (Lipinski definition) is 1. The lowest BCUT2D eigenvalue weighted by Gasteiger charge is -2.52. The minimum Gasteiger partial charge on any atom is -0.369 e. The number of primary amides is 1. The quantitative estimate of drug-likeness (QED) is 0.811. The normalized spacial score (nSPS) is 33.0. The summed E-state index contributed by atoms with van der Waals surface area (Å²) in [6.07, 6.45) is 10.8. The van der Waals surface area contributed by atoms with Gasteiger partial charge in [0.1, 0.15) is 12.6 Å². The smallest absolute Gasteiger partial charge is 0.333 e. The van der Waals surface area contributed by atoms with Crippen LogP contribution in [-0.4, -0.2) is 47.1 Å². The van der Waals surface area contributed by atoms with E-state index in [1.165, 1.54) is 32.1 Å². The van der Waals surface area contributed by atoms with Crippen molar-refractivity contribution in [3.63, 3.8) is 0 Å². The predicted molar refractivity (Wildman–Crippen MR) is 84.3 cm³/mol. The molecule has 5 heteroatoms. The average Bonchev–Trinajstić information content (AvgIpc) is 2.56. The largest absolute Gasteiger partial charge is 0.369 e. The lowest BCUT2D eigenvalue weighted by Crippen LogP contribution is -2.71. The van der Waals surface area contributed by atoms with E-state index in [1.54, 1.807) is 0 Å². The Hall–Kier alpha value is -0.940. The first kappa shape index (κ1) is 15.9. The van der Waals surface area contributed by atoms with Gasteiger partial charge in [0, 0.05) is 31.8 Å². The SMILES string of the molecule is NC(=O)C1CCN([N+]2(C3CCCCC3)CCCCC2=O)CC1. The molecule has 1 atom stereocenters. The first-order valence-electron chi connectivity index (χ1n) is 9.10. The standard InChI is InChI=1S/C17H29N3O2/c18-17(22)14-9-11-19(12-10-14)20(13-5-4-8-16(20)21)15-6-2-1-3-7-15/h14-15H,1-13H2,(H-,18,22)/p+1. The fourth-order valence-electron chi connectivity index (χ4n) is 4.88. The molecule has 3 rings (SSSR count). The van der Waals surface area contributed by atoms with Gasteiger partial charge in [-0.2, -0.15) is 4.59 Å². The molecule has 5 nitrogen and oxygen atoms in total. The minimum absolute atomic E-state index is 0.00236. The van der Waals surface area contributed by atoms with E-state index >= 15 is 0 Å². The van der Waals surface area contributed by atoms with Crippen LogP contribution in [0.1, 0.15) is 64.2 Å². The Morgan fingerprint density at radius 1 is 1.00 bits per heavy atom. The molecule has 2 amide bonds. The second-order valence-corrected chi connectivity index (χ2v) is 7.32. The Morgan fingerprint density at radius 3 is 2.27 bits per heavy atom. The van der Waals surface area contributed by atoms with Crippen LogP contribution < -0.4 is 5.73 Å². The van der Waals surface area contributed by atoms with Gasteiger partial charge in [0.15, 0.2) is 0 Å². The second-order valence-electron chi connectivity index (χ2n) is 7.32. The van der Waals surface area contributed by atoms with Gasteiger partial charge in [-0.3, -0.25) is 4.79 Å². The number of carbonyl (C=O) groups is 2. The number of hydrogen-bond acceptors (Lipinski definition) is 3. The van der Waals surface area contributed by atoms with Crippen molar-refractivity contribution < 1.29 is 14.2 Å². The maximum Gasteiger partial charge on any atom is 0.333 e. The van der Waals surface area contributed by atoms with Gasteiger partial charge in [0.2, 0.25) is 5.91 Å². The lowest BCUT2D eigenvalue weighted by molar-refractivity contribution is -0.994. The predicted octanol–water partition coefficient (Wildman–Crippen LogP) is 1.96. The zero-order valence-electron chi connectivity index (χ0n) is 13.6. The summed E-state index contributed by atoms with van der Waals surface area (Å²) in [4.78, 5) is 24.4. The average molecular weight is 308 g/mol. The van der Waals surface area contributed by atoms with Crippen LogP contribution in [0.5, 0.6) is 0 Å². The zero-order valence-corrected chi connectivity index (χ0v) is 13.6. The van der Waals surface area contributed by atoms with E-state index in [0.717, 1.165) is 51.7 Å². The summed E-state index contributed by atoms with van der Waals surface area (Å²) in [5.41, 5.74) is 5.46. The highest BCUT2D eigenvalue weighted by Gasteiger charge is 2.51. The molecule has 22 heavy (non-hydrogen) atoms. The number of carbonyl (C=O) groups excluding carboxylic acids is 2. The molecule has 0 spiro atoms. The molecule has 0 aromatic rings. The van der Waals surface area contributed by atoms with E-state index in [9.17, 15) is 9.59 Å². The van der Waals surface area contributed by atoms with Crippen molar-refractivity contribution in [1.82, 2.24) is 5.01 Å². The van der Waals surface area contributed by atoms with Crippen molar-refractivity contribution in [2.24, 2.45) is 11.7 Å². The Balaban J connectivity index is 1.79. The molecule has 2 aliphatic heterocycles. The van der Waals surface area contributed by atoms with Gasteiger partial charge in [-0.1, -0.05) is 6.42 Å². The number of piperidine rings is 2. The van der Waals surface area contributed by atoms with Gasteiger partial charge < -0.3 is 5.73 Å². The molecular weight excluding hydrogens is 278 g/mol. The third-order valence-electron chi connectivity index (χ3n) is 6.13. The number of nitrogens with two attached hydrogens (primary N) is 1. The Labute approximate surface area is 133 Å². The van der Waals surface area contributed by atoms with Crippen LogP contribution in [0, 0.1) is 5.92 Å². The summed E-state index contributed by atoms with van der Waals surface area (Å²) in [7, 11) is 0. The van der Waals surface area contributed by atoms with Crippen LogP contribution in [0.25, 0.3) is 0 Å². The van der Waals surface area contributed by atoms with Gasteiger partial charge in [-0.05, 0) is 38.5 Å². The molecule has 124 valence electrons. The molecule has 3 fully saturated rings. The third-order valence-corrected chi connectivity index (χ3v) is 6.13. The molecule has 0 bridgehead atoms. The van der Waals surface area contributed by atoms with Crippen molar-refractivity contribution in [3.8, 4) is 0 Å². The van der Waals surface area contributed by atoms with Crippen LogP contribution in [0.4, 0.5) is 0 Å². The zero-order chi connectivity index (χ0) is 15.6. The van der Waals surface area contributed by atoms with Crippen molar-refractivity contribution in [2.75, 3.05) is 19.6 Å². The Morgan fingerprint density at radius 2 is 1.68 bits per heavy atom. The highest BCUT2D eigenvalue weighted by molar-refractivity contribution is 5.76. The fraction of sp³-hybridized carbons (Fsp3) is 0.882. The third kappa shape index (κ3) is 2.81. The van der Waals surface area contributed by atoms with Gasteiger partial charge >= 0.3 is 5.91 Å². The first-order chi connectivity index (χ1) is 10.6. The van der Waals surface area contributed by atoms with Crippen LogP contribution in [0.15, 0.2) is 0 Å². The number of quaternary nitrogens is 1. The molecule has 2 heterocycles. The van der Waals surface area contributed by atoms with E-state index in [-0.39, 0.29) is 11.8 Å². The summed E-state index contributed by atoms with van der Waals surface area (Å²) >= 11 is 0. The van der Waals surface area contributed by atoms with Gasteiger partial charge in [0.05, 0.1) is 6.42 Å². The summed E-state index contributed by atoms with van der Waals surface area (Å²) in [6, 6.07) is 0.478. The Kier molecular flexibility index (Phi) is 4.83. The molecule has 0 aromatic heterocycles. The van der Waals surface area contributed by atoms with Crippen molar-refractivity contribution in [3.05, 3.63) is 0 Å². The maximum absolute atomic E-state index is 13.0. The van der Waals surface area contributed by atoms with Crippen LogP contribution in [0.3, 0.4) is 0 Å². The number of nitrogens with zero attached hydrogens (tertiary/aromatic N) is 2. The highest BCUT2D eigenvalue weighted by Crippen LogP contribution is 2.37. The maximum atomic E-state index is 13.0. The molecule has 3 aliphatic rings. The van der Waals surface area contributed by atoms with Gasteiger partial charge in [-0.15, -0.1) is 5.01 Å². The van der Waals surface area contributed by atoms with E-state index in [4.69, 9.17) is 5.73 Å². The van der Waals surface area contributed by atoms with Crippen molar-refractivity contribution >= 4 is 11.8 Å². The highest BCUT2D eigenvalue weighted by atomic mass is 16.2. The lowest BCUT2D eigenvalue weighted by atomic mass is 9.90. The number of rotatable bonds is 3. The molecule has 1 unspecified atom stereocenters. The summed E-state index contributed by atoms with van der Waals surface area (Å²) in [6.45, 7) is 2.66. The second kappa shape index (κ2) is 6.67. The summed E-state index contributed by atoms with van der Waals surface area (Å²) in [5.74, 6) is 0.257. The topological polar surface area (TPSA) is 63.4 Å². The molecule has 2 N–H and O–H groups in total. The van der Waals surface area contributed by atoms with Crippen molar-refractivity contribution in [2.45, 2.75) is 70.3 Å². The van der Waals surface area contributed by atoms with E-state index in [1.807, 2.05) is 0 Å². The molecule has 1 saturated carbocycles. The van der Waals surface area contributed by atoms with Gasteiger partial charge in [0.25, 0.3) is 0 Å². The summed E-state index contributed by atoms with van der Waals surface area (Å²) in [5, 5.41) is 2.40. The van der Waals surface area contributed by atoms with E-state index in [0.29, 0.717) is 16.5 Å². The van der Waals surface area contributed by atoms with Crippen LogP contribution in [0.2, 0.25) is 0 Å².